The lowest BCUT2D eigenvalue weighted by molar-refractivity contribution is 0.0922. The van der Waals surface area contributed by atoms with E-state index in [4.69, 9.17) is 5.11 Å². The zero-order valence-electron chi connectivity index (χ0n) is 7.83. The molecule has 0 aromatic heterocycles. The summed E-state index contributed by atoms with van der Waals surface area (Å²) in [7, 11) is 0. The van der Waals surface area contributed by atoms with Gasteiger partial charge < -0.3 is 10.4 Å². The van der Waals surface area contributed by atoms with Crippen molar-refractivity contribution >= 4 is 5.91 Å². The van der Waals surface area contributed by atoms with Gasteiger partial charge in [-0.2, -0.15) is 0 Å². The highest BCUT2D eigenvalue weighted by molar-refractivity contribution is 5.94. The Bertz CT molecular complexity index is 328. The SMILES string of the molecule is C[C@@H](CO)NC(=O)c1cccc(F)c1. The van der Waals surface area contributed by atoms with E-state index in [1.54, 1.807) is 6.92 Å². The van der Waals surface area contributed by atoms with Crippen molar-refractivity contribution in [2.24, 2.45) is 0 Å². The van der Waals surface area contributed by atoms with E-state index in [0.717, 1.165) is 6.07 Å². The Hall–Kier alpha value is -1.42. The van der Waals surface area contributed by atoms with Gasteiger partial charge in [-0.25, -0.2) is 4.39 Å². The Kier molecular flexibility index (Phi) is 3.59. The number of nitrogens with one attached hydrogen (secondary N) is 1. The maximum Gasteiger partial charge on any atom is 0.251 e. The third-order valence-electron chi connectivity index (χ3n) is 1.74. The minimum Gasteiger partial charge on any atom is -0.394 e. The Morgan fingerprint density at radius 1 is 1.64 bits per heavy atom. The maximum atomic E-state index is 12.7. The zero-order chi connectivity index (χ0) is 10.6. The predicted molar refractivity (Wildman–Crippen MR) is 50.4 cm³/mol. The molecule has 0 aliphatic carbocycles. The molecule has 0 aliphatic rings. The fourth-order valence-corrected chi connectivity index (χ4v) is 0.982. The zero-order valence-corrected chi connectivity index (χ0v) is 7.83. The van der Waals surface area contributed by atoms with Crippen molar-refractivity contribution in [2.45, 2.75) is 13.0 Å². The van der Waals surface area contributed by atoms with Gasteiger partial charge in [0, 0.05) is 11.6 Å². The third kappa shape index (κ3) is 2.81. The number of benzene rings is 1. The van der Waals surface area contributed by atoms with Gasteiger partial charge in [-0.15, -0.1) is 0 Å². The van der Waals surface area contributed by atoms with Crippen LogP contribution >= 0.6 is 0 Å². The topological polar surface area (TPSA) is 49.3 Å². The van der Waals surface area contributed by atoms with E-state index in [9.17, 15) is 9.18 Å². The summed E-state index contributed by atoms with van der Waals surface area (Å²) < 4.78 is 12.7. The fraction of sp³-hybridized carbons (Fsp3) is 0.300. The van der Waals surface area contributed by atoms with E-state index >= 15 is 0 Å². The molecule has 4 heteroatoms. The lowest BCUT2D eigenvalue weighted by Gasteiger charge is -2.10. The quantitative estimate of drug-likeness (QED) is 0.757. The Morgan fingerprint density at radius 3 is 2.93 bits per heavy atom. The van der Waals surface area contributed by atoms with E-state index < -0.39 is 5.82 Å². The Labute approximate surface area is 81.6 Å². The summed E-state index contributed by atoms with van der Waals surface area (Å²) in [5.41, 5.74) is 0.255. The number of rotatable bonds is 3. The van der Waals surface area contributed by atoms with Crippen molar-refractivity contribution in [3.8, 4) is 0 Å². The van der Waals surface area contributed by atoms with Crippen molar-refractivity contribution in [2.75, 3.05) is 6.61 Å². The van der Waals surface area contributed by atoms with Gasteiger partial charge in [0.05, 0.1) is 6.61 Å². The monoisotopic (exact) mass is 197 g/mol. The summed E-state index contributed by atoms with van der Waals surface area (Å²) in [6.07, 6.45) is 0. The molecule has 1 aromatic rings. The Morgan fingerprint density at radius 2 is 2.36 bits per heavy atom. The molecule has 0 radical (unpaired) electrons. The lowest BCUT2D eigenvalue weighted by atomic mass is 10.2. The van der Waals surface area contributed by atoms with Gasteiger partial charge in [-0.3, -0.25) is 4.79 Å². The third-order valence-corrected chi connectivity index (χ3v) is 1.74. The molecule has 0 bridgehead atoms. The summed E-state index contributed by atoms with van der Waals surface area (Å²) >= 11 is 0. The summed E-state index contributed by atoms with van der Waals surface area (Å²) in [6, 6.07) is 5.08. The first kappa shape index (κ1) is 10.7. The fourth-order valence-electron chi connectivity index (χ4n) is 0.982. The van der Waals surface area contributed by atoms with E-state index in [1.165, 1.54) is 18.2 Å². The molecule has 0 saturated heterocycles. The number of aliphatic hydroxyl groups excluding tert-OH is 1. The number of halogens is 1. The number of carbonyl (C=O) groups excluding carboxylic acids is 1. The second kappa shape index (κ2) is 4.72. The highest BCUT2D eigenvalue weighted by Gasteiger charge is 2.08. The van der Waals surface area contributed by atoms with E-state index in [0.29, 0.717) is 0 Å². The molecule has 14 heavy (non-hydrogen) atoms. The van der Waals surface area contributed by atoms with Gasteiger partial charge >= 0.3 is 0 Å². The van der Waals surface area contributed by atoms with Gasteiger partial charge in [0.1, 0.15) is 5.82 Å². The first-order chi connectivity index (χ1) is 6.63. The maximum absolute atomic E-state index is 12.7. The van der Waals surface area contributed by atoms with E-state index in [-0.39, 0.29) is 24.1 Å². The molecule has 3 nitrogen and oxygen atoms in total. The highest BCUT2D eigenvalue weighted by Crippen LogP contribution is 2.03. The van der Waals surface area contributed by atoms with Crippen LogP contribution < -0.4 is 5.32 Å². The summed E-state index contributed by atoms with van der Waals surface area (Å²) in [5.74, 6) is -0.833. The molecule has 0 spiro atoms. The molecule has 0 unspecified atom stereocenters. The molecule has 0 saturated carbocycles. The second-order valence-corrected chi connectivity index (χ2v) is 3.07. The van der Waals surface area contributed by atoms with Crippen LogP contribution in [0.5, 0.6) is 0 Å². The second-order valence-electron chi connectivity index (χ2n) is 3.07. The molecule has 1 aromatic carbocycles. The van der Waals surface area contributed by atoms with Crippen LogP contribution in [0, 0.1) is 5.82 Å². The average molecular weight is 197 g/mol. The van der Waals surface area contributed by atoms with Crippen LogP contribution in [-0.2, 0) is 0 Å². The van der Waals surface area contributed by atoms with Crippen LogP contribution in [0.25, 0.3) is 0 Å². The molecule has 0 fully saturated rings. The summed E-state index contributed by atoms with van der Waals surface area (Å²) in [6.45, 7) is 1.53. The molecule has 0 heterocycles. The van der Waals surface area contributed by atoms with Crippen LogP contribution in [0.2, 0.25) is 0 Å². The normalized spacial score (nSPS) is 12.2. The molecule has 2 N–H and O–H groups in total. The van der Waals surface area contributed by atoms with Crippen molar-refractivity contribution in [3.05, 3.63) is 35.6 Å². The van der Waals surface area contributed by atoms with Crippen LogP contribution in [0.1, 0.15) is 17.3 Å². The van der Waals surface area contributed by atoms with E-state index in [1.807, 2.05) is 0 Å². The van der Waals surface area contributed by atoms with Gasteiger partial charge in [0.25, 0.3) is 5.91 Å². The molecular formula is C10H12FNO2. The van der Waals surface area contributed by atoms with Crippen LogP contribution in [0.4, 0.5) is 4.39 Å². The number of hydrogen-bond acceptors (Lipinski definition) is 2. The van der Waals surface area contributed by atoms with E-state index in [2.05, 4.69) is 5.32 Å². The van der Waals surface area contributed by atoms with Gasteiger partial charge in [-0.1, -0.05) is 6.07 Å². The number of aliphatic hydroxyl groups is 1. The molecule has 76 valence electrons. The predicted octanol–water partition coefficient (Wildman–Crippen LogP) is 0.936. The first-order valence-electron chi connectivity index (χ1n) is 4.30. The van der Waals surface area contributed by atoms with Gasteiger partial charge in [0.15, 0.2) is 0 Å². The molecule has 0 aliphatic heterocycles. The van der Waals surface area contributed by atoms with Gasteiger partial charge in [-0.05, 0) is 25.1 Å². The van der Waals surface area contributed by atoms with Crippen LogP contribution in [0.15, 0.2) is 24.3 Å². The van der Waals surface area contributed by atoms with Crippen molar-refractivity contribution < 1.29 is 14.3 Å². The minimum atomic E-state index is -0.450. The van der Waals surface area contributed by atoms with Crippen molar-refractivity contribution in [3.63, 3.8) is 0 Å². The largest absolute Gasteiger partial charge is 0.394 e. The smallest absolute Gasteiger partial charge is 0.251 e. The highest BCUT2D eigenvalue weighted by atomic mass is 19.1. The molecule has 1 rings (SSSR count). The average Bonchev–Trinajstić information content (AvgIpc) is 2.17. The summed E-state index contributed by atoms with van der Waals surface area (Å²) in [5, 5.41) is 11.2. The van der Waals surface area contributed by atoms with Crippen LogP contribution in [0.3, 0.4) is 0 Å². The molecule has 1 atom stereocenters. The van der Waals surface area contributed by atoms with Crippen molar-refractivity contribution in [1.29, 1.82) is 0 Å². The number of carbonyl (C=O) groups is 1. The molecular weight excluding hydrogens is 185 g/mol. The minimum absolute atomic E-state index is 0.138. The number of amides is 1. The first-order valence-corrected chi connectivity index (χ1v) is 4.30. The van der Waals surface area contributed by atoms with Crippen molar-refractivity contribution in [1.82, 2.24) is 5.32 Å². The Balaban J connectivity index is 2.70. The number of hydrogen-bond donors (Lipinski definition) is 2. The van der Waals surface area contributed by atoms with Crippen LogP contribution in [-0.4, -0.2) is 23.7 Å². The summed E-state index contributed by atoms with van der Waals surface area (Å²) in [4.78, 5) is 11.4. The standard InChI is InChI=1S/C10H12FNO2/c1-7(6-13)12-10(14)8-3-2-4-9(11)5-8/h2-5,7,13H,6H2,1H3,(H,12,14)/t7-/m0/s1. The van der Waals surface area contributed by atoms with Gasteiger partial charge in [0.2, 0.25) is 0 Å². The molecule has 1 amide bonds. The lowest BCUT2D eigenvalue weighted by Crippen LogP contribution is -2.34.